The highest BCUT2D eigenvalue weighted by atomic mass is 32.1. The van der Waals surface area contributed by atoms with Crippen LogP contribution in [0.15, 0.2) is 0 Å². The number of thiazole rings is 2. The van der Waals surface area contributed by atoms with Crippen LogP contribution in [0.1, 0.15) is 15.6 Å². The van der Waals surface area contributed by atoms with Gasteiger partial charge in [-0.1, -0.05) is 0 Å². The highest BCUT2D eigenvalue weighted by Crippen LogP contribution is 2.34. The van der Waals surface area contributed by atoms with Crippen LogP contribution in [0.3, 0.4) is 0 Å². The Morgan fingerprint density at radius 2 is 1.79 bits per heavy atom. The van der Waals surface area contributed by atoms with Gasteiger partial charge in [0, 0.05) is 4.88 Å². The van der Waals surface area contributed by atoms with Crippen LogP contribution in [0.4, 0.5) is 5.13 Å². The Morgan fingerprint density at radius 3 is 2.21 bits per heavy atom. The van der Waals surface area contributed by atoms with E-state index < -0.39 is 0 Å². The summed E-state index contributed by atoms with van der Waals surface area (Å²) < 4.78 is 0. The van der Waals surface area contributed by atoms with Gasteiger partial charge in [0.1, 0.15) is 0 Å². The van der Waals surface area contributed by atoms with Gasteiger partial charge in [0.2, 0.25) is 0 Å². The lowest BCUT2D eigenvalue weighted by Gasteiger charge is -1.93. The molecule has 14 heavy (non-hydrogen) atoms. The van der Waals surface area contributed by atoms with Gasteiger partial charge in [-0.25, -0.2) is 9.97 Å². The molecule has 0 spiro atoms. The summed E-state index contributed by atoms with van der Waals surface area (Å²) in [5.74, 6) is 0. The molecule has 0 bridgehead atoms. The molecule has 0 unspecified atom stereocenters. The lowest BCUT2D eigenvalue weighted by atomic mass is 10.3. The van der Waals surface area contributed by atoms with Crippen molar-refractivity contribution in [2.24, 2.45) is 0 Å². The molecule has 2 rings (SSSR count). The molecule has 0 amide bonds. The Balaban J connectivity index is 2.59. The van der Waals surface area contributed by atoms with Gasteiger partial charge in [0.15, 0.2) is 5.13 Å². The fraction of sp³-hybridized carbons (Fsp3) is 0.333. The topological polar surface area (TPSA) is 51.8 Å². The highest BCUT2D eigenvalue weighted by molar-refractivity contribution is 7.17. The Bertz CT molecular complexity index is 426. The maximum atomic E-state index is 5.67. The predicted molar refractivity (Wildman–Crippen MR) is 61.8 cm³/mol. The zero-order valence-corrected chi connectivity index (χ0v) is 9.92. The first-order valence-corrected chi connectivity index (χ1v) is 5.88. The van der Waals surface area contributed by atoms with Gasteiger partial charge in [-0.05, 0) is 20.8 Å². The second-order valence-electron chi connectivity index (χ2n) is 3.10. The van der Waals surface area contributed by atoms with Gasteiger partial charge >= 0.3 is 0 Å². The van der Waals surface area contributed by atoms with Crippen LogP contribution in [0.25, 0.3) is 10.6 Å². The van der Waals surface area contributed by atoms with Crippen molar-refractivity contribution in [3.63, 3.8) is 0 Å². The van der Waals surface area contributed by atoms with Crippen molar-refractivity contribution in [1.29, 1.82) is 0 Å². The standard InChI is InChI=1S/C9H11N3S2/c1-4-8(14-6(3)11-4)7-5(2)13-9(10)12-7/h1-3H3,(H2,10,12). The van der Waals surface area contributed by atoms with Crippen molar-refractivity contribution >= 4 is 27.8 Å². The molecule has 0 saturated carbocycles. The van der Waals surface area contributed by atoms with Crippen LogP contribution in [0.2, 0.25) is 0 Å². The van der Waals surface area contributed by atoms with Gasteiger partial charge < -0.3 is 5.73 Å². The normalized spacial score (nSPS) is 10.8. The van der Waals surface area contributed by atoms with Crippen LogP contribution in [-0.4, -0.2) is 9.97 Å². The maximum absolute atomic E-state index is 5.67. The van der Waals surface area contributed by atoms with E-state index in [1.807, 2.05) is 20.8 Å². The van der Waals surface area contributed by atoms with Gasteiger partial charge in [-0.15, -0.1) is 22.7 Å². The molecule has 0 aliphatic heterocycles. The van der Waals surface area contributed by atoms with E-state index in [9.17, 15) is 0 Å². The number of nitrogens with zero attached hydrogens (tertiary/aromatic N) is 2. The van der Waals surface area contributed by atoms with E-state index in [1.54, 1.807) is 11.3 Å². The number of hydrogen-bond acceptors (Lipinski definition) is 5. The summed E-state index contributed by atoms with van der Waals surface area (Å²) in [6.07, 6.45) is 0. The molecule has 2 aromatic rings. The Kier molecular flexibility index (Phi) is 2.28. The minimum atomic E-state index is 0.628. The summed E-state index contributed by atoms with van der Waals surface area (Å²) in [5.41, 5.74) is 7.70. The van der Waals surface area contributed by atoms with E-state index in [-0.39, 0.29) is 0 Å². The fourth-order valence-corrected chi connectivity index (χ4v) is 3.10. The molecule has 0 aromatic carbocycles. The van der Waals surface area contributed by atoms with E-state index in [1.165, 1.54) is 11.3 Å². The molecule has 0 radical (unpaired) electrons. The molecule has 0 atom stereocenters. The van der Waals surface area contributed by atoms with Crippen molar-refractivity contribution < 1.29 is 0 Å². The third kappa shape index (κ3) is 1.53. The summed E-state index contributed by atoms with van der Waals surface area (Å²) in [6.45, 7) is 6.05. The Labute approximate surface area is 90.6 Å². The Morgan fingerprint density at radius 1 is 1.07 bits per heavy atom. The minimum Gasteiger partial charge on any atom is -0.375 e. The fourth-order valence-electron chi connectivity index (χ4n) is 1.38. The SMILES string of the molecule is Cc1nc(C)c(-c2nc(N)sc2C)s1. The van der Waals surface area contributed by atoms with Gasteiger partial charge in [-0.3, -0.25) is 0 Å². The summed E-state index contributed by atoms with van der Waals surface area (Å²) in [6, 6.07) is 0. The summed E-state index contributed by atoms with van der Waals surface area (Å²) >= 11 is 3.20. The van der Waals surface area contributed by atoms with Crippen molar-refractivity contribution in [3.05, 3.63) is 15.6 Å². The van der Waals surface area contributed by atoms with E-state index in [2.05, 4.69) is 9.97 Å². The molecule has 3 nitrogen and oxygen atoms in total. The monoisotopic (exact) mass is 225 g/mol. The summed E-state index contributed by atoms with van der Waals surface area (Å²) in [7, 11) is 0. The van der Waals surface area contributed by atoms with E-state index in [4.69, 9.17) is 5.73 Å². The van der Waals surface area contributed by atoms with Crippen LogP contribution in [0, 0.1) is 20.8 Å². The molecule has 0 aliphatic carbocycles. The van der Waals surface area contributed by atoms with Crippen molar-refractivity contribution in [2.45, 2.75) is 20.8 Å². The first-order valence-electron chi connectivity index (χ1n) is 4.25. The number of rotatable bonds is 1. The predicted octanol–water partition coefficient (Wildman–Crippen LogP) is 2.77. The first kappa shape index (κ1) is 9.61. The number of nitrogen functional groups attached to an aromatic ring is 1. The maximum Gasteiger partial charge on any atom is 0.180 e. The first-order chi connectivity index (χ1) is 6.58. The van der Waals surface area contributed by atoms with Crippen LogP contribution in [-0.2, 0) is 0 Å². The van der Waals surface area contributed by atoms with Crippen LogP contribution < -0.4 is 5.73 Å². The molecular weight excluding hydrogens is 214 g/mol. The molecule has 2 aromatic heterocycles. The lowest BCUT2D eigenvalue weighted by molar-refractivity contribution is 1.20. The molecule has 0 saturated heterocycles. The Hall–Kier alpha value is -0.940. The molecule has 2 heterocycles. The second-order valence-corrected chi connectivity index (χ2v) is 5.54. The third-order valence-electron chi connectivity index (χ3n) is 1.93. The van der Waals surface area contributed by atoms with Gasteiger partial charge in [-0.2, -0.15) is 0 Å². The number of aryl methyl sites for hydroxylation is 3. The average molecular weight is 225 g/mol. The van der Waals surface area contributed by atoms with Crippen molar-refractivity contribution in [2.75, 3.05) is 5.73 Å². The lowest BCUT2D eigenvalue weighted by Crippen LogP contribution is -1.83. The summed E-state index contributed by atoms with van der Waals surface area (Å²) in [4.78, 5) is 11.0. The van der Waals surface area contributed by atoms with Crippen molar-refractivity contribution in [1.82, 2.24) is 9.97 Å². The van der Waals surface area contributed by atoms with Gasteiger partial charge in [0.05, 0.1) is 21.3 Å². The third-order valence-corrected chi connectivity index (χ3v) is 3.81. The highest BCUT2D eigenvalue weighted by Gasteiger charge is 2.13. The smallest absolute Gasteiger partial charge is 0.180 e. The van der Waals surface area contributed by atoms with Crippen molar-refractivity contribution in [3.8, 4) is 10.6 Å². The van der Waals surface area contributed by atoms with Gasteiger partial charge in [0.25, 0.3) is 0 Å². The summed E-state index contributed by atoms with van der Waals surface area (Å²) in [5, 5.41) is 1.70. The zero-order valence-electron chi connectivity index (χ0n) is 8.29. The number of aromatic nitrogens is 2. The van der Waals surface area contributed by atoms with Crippen LogP contribution >= 0.6 is 22.7 Å². The quantitative estimate of drug-likeness (QED) is 0.812. The molecular formula is C9H11N3S2. The second kappa shape index (κ2) is 3.33. The average Bonchev–Trinajstić information content (AvgIpc) is 2.55. The molecule has 0 aliphatic rings. The number of anilines is 1. The molecule has 2 N–H and O–H groups in total. The number of nitrogens with two attached hydrogens (primary N) is 1. The largest absolute Gasteiger partial charge is 0.375 e. The van der Waals surface area contributed by atoms with E-state index >= 15 is 0 Å². The molecule has 0 fully saturated rings. The zero-order chi connectivity index (χ0) is 10.3. The molecule has 74 valence electrons. The minimum absolute atomic E-state index is 0.628. The van der Waals surface area contributed by atoms with E-state index in [0.717, 1.165) is 26.1 Å². The number of hydrogen-bond donors (Lipinski definition) is 1. The van der Waals surface area contributed by atoms with E-state index in [0.29, 0.717) is 5.13 Å². The molecule has 5 heteroatoms. The van der Waals surface area contributed by atoms with Crippen LogP contribution in [0.5, 0.6) is 0 Å².